The number of benzene rings is 1. The maximum atomic E-state index is 11.1. The van der Waals surface area contributed by atoms with Crippen LogP contribution >= 0.6 is 0 Å². The number of nitrogens with zero attached hydrogens (tertiary/aromatic N) is 2. The number of methoxy groups -OCH3 is 1. The zero-order valence-corrected chi connectivity index (χ0v) is 13.0. The molecule has 1 rings (SSSR count). The predicted molar refractivity (Wildman–Crippen MR) is 77.9 cm³/mol. The van der Waals surface area contributed by atoms with Crippen molar-refractivity contribution in [3.05, 3.63) is 23.8 Å². The van der Waals surface area contributed by atoms with Crippen LogP contribution in [0.5, 0.6) is 11.5 Å². The summed E-state index contributed by atoms with van der Waals surface area (Å²) in [5.74, 6) is -1.60. The minimum Gasteiger partial charge on any atom is -0.861 e. The number of aliphatic imine (C=N–C) groups is 2. The van der Waals surface area contributed by atoms with E-state index in [-0.39, 0.29) is 45.2 Å². The predicted octanol–water partition coefficient (Wildman–Crippen LogP) is -2.81. The summed E-state index contributed by atoms with van der Waals surface area (Å²) >= 11 is 0. The third-order valence-electron chi connectivity index (χ3n) is 2.10. The number of hydrogen-bond donors (Lipinski definition) is 2. The van der Waals surface area contributed by atoms with E-state index in [1.807, 2.05) is 0 Å². The third-order valence-corrected chi connectivity index (χ3v) is 2.10. The molecule has 11 heteroatoms. The summed E-state index contributed by atoms with van der Waals surface area (Å²) in [4.78, 5) is 17.2. The fourth-order valence-electron chi connectivity index (χ4n) is 1.24. The van der Waals surface area contributed by atoms with E-state index in [0.29, 0.717) is 11.3 Å². The molecule has 0 aliphatic carbocycles. The largest absolute Gasteiger partial charge is 0.861 e. The molecule has 1 aromatic carbocycles. The van der Waals surface area contributed by atoms with E-state index < -0.39 is 18.4 Å². The molecule has 0 fully saturated rings. The molecule has 0 atom stereocenters. The standard InChI is InChI=1S/C12H14N2O5.Ni.3H2O/c1-19-9-4-2-3-8(12(9)18)5-13-6-10(15)14-7-11(16)17;;;;/h2-5,18H,6-7H2,1H3,(H,14,15)(H,16,17);;3*1H2/p-1. The molecule has 10 nitrogen and oxygen atoms in total. The molecule has 0 saturated heterocycles. The number of carboxylic acids is 1. The summed E-state index contributed by atoms with van der Waals surface area (Å²) in [6.07, 6.45) is 1.30. The molecule has 0 saturated carbocycles. The van der Waals surface area contributed by atoms with Crippen molar-refractivity contribution in [1.29, 1.82) is 0 Å². The van der Waals surface area contributed by atoms with Crippen LogP contribution in [0.4, 0.5) is 0 Å². The number of para-hydroxylation sites is 1. The Balaban J connectivity index is -0.000000451. The normalized spacial score (nSPS) is 9.70. The van der Waals surface area contributed by atoms with Crippen molar-refractivity contribution >= 4 is 18.1 Å². The molecule has 0 unspecified atom stereocenters. The second-order valence-electron chi connectivity index (χ2n) is 3.47. The zero-order valence-electron chi connectivity index (χ0n) is 12.1. The van der Waals surface area contributed by atoms with Crippen molar-refractivity contribution in [2.75, 3.05) is 20.2 Å². The summed E-state index contributed by atoms with van der Waals surface area (Å²) in [6, 6.07) is 4.84. The van der Waals surface area contributed by atoms with Crippen LogP contribution in [0.25, 0.3) is 0 Å². The molecular weight excluding hydrogens is 359 g/mol. The zero-order chi connectivity index (χ0) is 14.3. The average Bonchev–Trinajstić information content (AvgIpc) is 2.38. The van der Waals surface area contributed by atoms with E-state index in [1.165, 1.54) is 13.3 Å². The van der Waals surface area contributed by atoms with Crippen LogP contribution in [-0.4, -0.2) is 64.9 Å². The SMILES string of the molecule is COc1cccc(C=NCC([O-])=NCC(=O)O)c1O.O.O.O.[Ni]. The number of rotatable bonds is 6. The topological polar surface area (TPSA) is 209 Å². The van der Waals surface area contributed by atoms with Crippen molar-refractivity contribution < 1.29 is 57.8 Å². The number of phenols is 1. The molecule has 0 bridgehead atoms. The van der Waals surface area contributed by atoms with Crippen molar-refractivity contribution in [3.63, 3.8) is 0 Å². The first-order valence-electron chi connectivity index (χ1n) is 5.32. The first kappa shape index (κ1) is 28.9. The van der Waals surface area contributed by atoms with E-state index in [2.05, 4.69) is 9.98 Å². The van der Waals surface area contributed by atoms with Gasteiger partial charge in [-0.2, -0.15) is 0 Å². The number of aliphatic carboxylic acids is 1. The van der Waals surface area contributed by atoms with Crippen LogP contribution in [0.15, 0.2) is 28.2 Å². The molecule has 0 aliphatic heterocycles. The Morgan fingerprint density at radius 3 is 2.43 bits per heavy atom. The van der Waals surface area contributed by atoms with Crippen LogP contribution in [0.2, 0.25) is 0 Å². The fraction of sp³-hybridized carbons (Fsp3) is 0.250. The van der Waals surface area contributed by atoms with Crippen LogP contribution in [0, 0.1) is 0 Å². The average molecular weight is 378 g/mol. The van der Waals surface area contributed by atoms with Gasteiger partial charge in [-0.15, -0.1) is 0 Å². The van der Waals surface area contributed by atoms with E-state index in [9.17, 15) is 15.0 Å². The molecule has 0 amide bonds. The number of ether oxygens (including phenoxy) is 1. The van der Waals surface area contributed by atoms with Crippen LogP contribution in [0.3, 0.4) is 0 Å². The van der Waals surface area contributed by atoms with Gasteiger partial charge in [-0.05, 0) is 18.0 Å². The molecule has 0 aliphatic rings. The van der Waals surface area contributed by atoms with E-state index in [4.69, 9.17) is 9.84 Å². The van der Waals surface area contributed by atoms with Gasteiger partial charge >= 0.3 is 5.97 Å². The first-order chi connectivity index (χ1) is 9.04. The van der Waals surface area contributed by atoms with Gasteiger partial charge in [0.2, 0.25) is 0 Å². The van der Waals surface area contributed by atoms with Gasteiger partial charge in [0.15, 0.2) is 11.5 Å². The Morgan fingerprint density at radius 2 is 1.91 bits per heavy atom. The number of carboxylic acid groups (broad SMARTS) is 1. The van der Waals surface area contributed by atoms with Gasteiger partial charge in [-0.1, -0.05) is 6.07 Å². The molecule has 8 N–H and O–H groups in total. The smallest absolute Gasteiger partial charge is 0.325 e. The Hall–Kier alpha value is -2.20. The number of aromatic hydroxyl groups is 1. The molecule has 0 aromatic heterocycles. The maximum absolute atomic E-state index is 11.1. The van der Waals surface area contributed by atoms with Crippen LogP contribution < -0.4 is 9.84 Å². The van der Waals surface area contributed by atoms with Gasteiger partial charge in [-0.25, -0.2) is 0 Å². The van der Waals surface area contributed by atoms with Gasteiger partial charge in [-0.3, -0.25) is 14.8 Å². The molecule has 0 radical (unpaired) electrons. The maximum Gasteiger partial charge on any atom is 0.325 e. The van der Waals surface area contributed by atoms with Gasteiger partial charge < -0.3 is 36.5 Å². The van der Waals surface area contributed by atoms with Crippen LogP contribution in [-0.2, 0) is 21.3 Å². The van der Waals surface area contributed by atoms with E-state index in [0.717, 1.165) is 0 Å². The number of hydrogen-bond acceptors (Lipinski definition) is 6. The molecule has 0 spiro atoms. The molecule has 0 heterocycles. The number of phenolic OH excluding ortho intramolecular Hbond substituents is 1. The quantitative estimate of drug-likeness (QED) is 0.304. The van der Waals surface area contributed by atoms with Crippen molar-refractivity contribution in [2.45, 2.75) is 0 Å². The summed E-state index contributed by atoms with van der Waals surface area (Å²) in [6.45, 7) is -0.845. The van der Waals surface area contributed by atoms with Crippen molar-refractivity contribution in [3.8, 4) is 11.5 Å². The molecule has 1 aromatic rings. The number of carbonyl (C=O) groups is 1. The Morgan fingerprint density at radius 1 is 1.30 bits per heavy atom. The first-order valence-corrected chi connectivity index (χ1v) is 5.32. The van der Waals surface area contributed by atoms with Crippen molar-refractivity contribution in [1.82, 2.24) is 0 Å². The Kier molecular flexibility index (Phi) is 18.5. The van der Waals surface area contributed by atoms with Gasteiger partial charge in [0.1, 0.15) is 6.54 Å². The summed E-state index contributed by atoms with van der Waals surface area (Å²) < 4.78 is 4.92. The van der Waals surface area contributed by atoms with Crippen molar-refractivity contribution in [2.24, 2.45) is 9.98 Å². The van der Waals surface area contributed by atoms with E-state index >= 15 is 0 Å². The summed E-state index contributed by atoms with van der Waals surface area (Å²) in [7, 11) is 1.42. The minimum atomic E-state index is -1.18. The second kappa shape index (κ2) is 14.7. The van der Waals surface area contributed by atoms with Gasteiger partial charge in [0, 0.05) is 28.3 Å². The van der Waals surface area contributed by atoms with Gasteiger partial charge in [0.25, 0.3) is 0 Å². The molecule has 23 heavy (non-hydrogen) atoms. The molecular formula is C12H19N2NiO8-. The van der Waals surface area contributed by atoms with E-state index in [1.54, 1.807) is 18.2 Å². The summed E-state index contributed by atoms with van der Waals surface area (Å²) in [5.41, 5.74) is 0.394. The second-order valence-corrected chi connectivity index (χ2v) is 3.47. The molecule has 136 valence electrons. The monoisotopic (exact) mass is 377 g/mol. The third kappa shape index (κ3) is 10.2. The Labute approximate surface area is 142 Å². The Bertz CT molecular complexity index is 522. The fourth-order valence-corrected chi connectivity index (χ4v) is 1.24. The van der Waals surface area contributed by atoms with Crippen LogP contribution in [0.1, 0.15) is 5.56 Å². The summed E-state index contributed by atoms with van der Waals surface area (Å²) in [5, 5.41) is 29.2. The minimum absolute atomic E-state index is 0. The van der Waals surface area contributed by atoms with Gasteiger partial charge in [0.05, 0.1) is 13.7 Å².